The number of benzene rings is 1. The van der Waals surface area contributed by atoms with E-state index in [9.17, 15) is 14.7 Å². The molecule has 8 heteroatoms. The maximum atomic E-state index is 12.4. The van der Waals surface area contributed by atoms with E-state index in [1.807, 2.05) is 0 Å². The molecule has 0 unspecified atom stereocenters. The van der Waals surface area contributed by atoms with E-state index in [1.54, 1.807) is 24.5 Å². The fraction of sp³-hybridized carbons (Fsp3) is 0.471. The third kappa shape index (κ3) is 3.97. The van der Waals surface area contributed by atoms with Crippen molar-refractivity contribution >= 4 is 22.8 Å². The van der Waals surface area contributed by atoms with E-state index in [1.165, 1.54) is 0 Å². The smallest absolute Gasteiger partial charge is 0.251 e. The number of hydrogen-bond donors (Lipinski definition) is 5. The van der Waals surface area contributed by atoms with Gasteiger partial charge in [0.25, 0.3) is 5.91 Å². The topological polar surface area (TPSA) is 127 Å². The Hall–Kier alpha value is -2.45. The highest BCUT2D eigenvalue weighted by Crippen LogP contribution is 2.25. The van der Waals surface area contributed by atoms with Crippen LogP contribution >= 0.6 is 0 Å². The van der Waals surface area contributed by atoms with E-state index in [4.69, 9.17) is 5.11 Å². The summed E-state index contributed by atoms with van der Waals surface area (Å²) in [6, 6.07) is 4.79. The quantitative estimate of drug-likeness (QED) is 0.518. The van der Waals surface area contributed by atoms with Crippen molar-refractivity contribution in [2.24, 2.45) is 5.92 Å². The first kappa shape index (κ1) is 17.4. The highest BCUT2D eigenvalue weighted by molar-refractivity contribution is 5.97. The number of imidazole rings is 1. The Labute approximate surface area is 144 Å². The number of nitrogens with zero attached hydrogens (tertiary/aromatic N) is 1. The Morgan fingerprint density at radius 1 is 1.32 bits per heavy atom. The van der Waals surface area contributed by atoms with Gasteiger partial charge in [-0.2, -0.15) is 0 Å². The van der Waals surface area contributed by atoms with E-state index in [-0.39, 0.29) is 36.9 Å². The zero-order valence-electron chi connectivity index (χ0n) is 13.7. The van der Waals surface area contributed by atoms with E-state index in [0.29, 0.717) is 24.8 Å². The molecule has 0 aliphatic heterocycles. The highest BCUT2D eigenvalue weighted by atomic mass is 16.3. The molecule has 0 bridgehead atoms. The molecule has 1 saturated carbocycles. The molecular formula is C17H22N4O4. The van der Waals surface area contributed by atoms with Crippen LogP contribution in [-0.4, -0.2) is 57.3 Å². The fourth-order valence-corrected chi connectivity index (χ4v) is 3.21. The maximum absolute atomic E-state index is 12.4. The Balaban J connectivity index is 1.58. The molecule has 3 rings (SSSR count). The summed E-state index contributed by atoms with van der Waals surface area (Å²) >= 11 is 0. The molecule has 25 heavy (non-hydrogen) atoms. The van der Waals surface area contributed by atoms with Crippen LogP contribution in [0.2, 0.25) is 0 Å². The normalized spacial score (nSPS) is 23.4. The Kier molecular flexibility index (Phi) is 5.30. The monoisotopic (exact) mass is 346 g/mol. The largest absolute Gasteiger partial charge is 0.395 e. The molecule has 0 spiro atoms. The Morgan fingerprint density at radius 2 is 2.16 bits per heavy atom. The number of carbonyl (C=O) groups is 2. The number of amides is 2. The average molecular weight is 346 g/mol. The van der Waals surface area contributed by atoms with Gasteiger partial charge in [-0.15, -0.1) is 0 Å². The van der Waals surface area contributed by atoms with E-state index in [2.05, 4.69) is 20.6 Å². The number of H-pyrrole nitrogens is 1. The lowest BCUT2D eigenvalue weighted by Crippen LogP contribution is -2.49. The molecule has 0 radical (unpaired) electrons. The molecule has 8 nitrogen and oxygen atoms in total. The van der Waals surface area contributed by atoms with Gasteiger partial charge in [0, 0.05) is 18.0 Å². The predicted molar refractivity (Wildman–Crippen MR) is 90.8 cm³/mol. The standard InChI is InChI=1S/C17H22N4O4/c22-6-5-18-16(24)11-2-4-13(15(23)8-11)21-17(25)10-1-3-12-14(7-10)20-9-19-12/h1,3,7,9,11,13,15,22-23H,2,4-6,8H2,(H,18,24)(H,19,20)(H,21,25)/t11-,13-,15-/m0/s1. The number of carbonyl (C=O) groups excluding carboxylic acids is 2. The molecule has 1 aromatic carbocycles. The highest BCUT2D eigenvalue weighted by Gasteiger charge is 2.33. The van der Waals surface area contributed by atoms with Crippen molar-refractivity contribution in [3.05, 3.63) is 30.1 Å². The third-order valence-corrected chi connectivity index (χ3v) is 4.60. The van der Waals surface area contributed by atoms with Gasteiger partial charge in [-0.05, 0) is 37.5 Å². The summed E-state index contributed by atoms with van der Waals surface area (Å²) in [5.41, 5.74) is 2.05. The van der Waals surface area contributed by atoms with Crippen LogP contribution in [0, 0.1) is 5.92 Å². The number of nitrogens with one attached hydrogen (secondary N) is 3. The summed E-state index contributed by atoms with van der Waals surface area (Å²) in [4.78, 5) is 31.4. The summed E-state index contributed by atoms with van der Waals surface area (Å²) in [6.07, 6.45) is 2.19. The molecule has 2 amide bonds. The van der Waals surface area contributed by atoms with E-state index in [0.717, 1.165) is 11.0 Å². The Morgan fingerprint density at radius 3 is 2.92 bits per heavy atom. The second kappa shape index (κ2) is 7.62. The predicted octanol–water partition coefficient (Wildman–Crippen LogP) is -0.0692. The zero-order valence-corrected chi connectivity index (χ0v) is 13.7. The van der Waals surface area contributed by atoms with E-state index >= 15 is 0 Å². The molecule has 3 atom stereocenters. The summed E-state index contributed by atoms with van der Waals surface area (Å²) in [7, 11) is 0. The molecule has 2 aromatic rings. The zero-order chi connectivity index (χ0) is 17.8. The lowest BCUT2D eigenvalue weighted by Gasteiger charge is -2.33. The number of hydrogen-bond acceptors (Lipinski definition) is 5. The van der Waals surface area contributed by atoms with Gasteiger partial charge in [0.1, 0.15) is 0 Å². The summed E-state index contributed by atoms with van der Waals surface area (Å²) in [5.74, 6) is -0.720. The number of aromatic amines is 1. The van der Waals surface area contributed by atoms with Gasteiger partial charge in [0.2, 0.25) is 5.91 Å². The minimum absolute atomic E-state index is 0.111. The van der Waals surface area contributed by atoms with Gasteiger partial charge in [-0.25, -0.2) is 4.98 Å². The summed E-state index contributed by atoms with van der Waals surface area (Å²) in [5, 5.41) is 24.5. The lowest BCUT2D eigenvalue weighted by molar-refractivity contribution is -0.127. The van der Waals surface area contributed by atoms with Gasteiger partial charge in [-0.3, -0.25) is 9.59 Å². The first-order chi connectivity index (χ1) is 12.1. The van der Waals surface area contributed by atoms with Crippen LogP contribution < -0.4 is 10.6 Å². The van der Waals surface area contributed by atoms with Crippen molar-refractivity contribution in [1.82, 2.24) is 20.6 Å². The van der Waals surface area contributed by atoms with Gasteiger partial charge < -0.3 is 25.8 Å². The number of fused-ring (bicyclic) bond motifs is 1. The number of aliphatic hydroxyl groups is 2. The molecule has 1 fully saturated rings. The van der Waals surface area contributed by atoms with Gasteiger partial charge in [0.15, 0.2) is 0 Å². The van der Waals surface area contributed by atoms with Crippen molar-refractivity contribution in [2.75, 3.05) is 13.2 Å². The number of aliphatic hydroxyl groups excluding tert-OH is 2. The van der Waals surface area contributed by atoms with Crippen LogP contribution in [0.1, 0.15) is 29.6 Å². The van der Waals surface area contributed by atoms with Crippen molar-refractivity contribution in [1.29, 1.82) is 0 Å². The number of rotatable bonds is 5. The van der Waals surface area contributed by atoms with Crippen LogP contribution in [0.5, 0.6) is 0 Å². The van der Waals surface area contributed by atoms with Gasteiger partial charge in [0.05, 0.1) is 36.1 Å². The molecule has 0 saturated heterocycles. The molecule has 5 N–H and O–H groups in total. The lowest BCUT2D eigenvalue weighted by atomic mass is 9.83. The number of aromatic nitrogens is 2. The molecule has 1 heterocycles. The second-order valence-electron chi connectivity index (χ2n) is 6.31. The van der Waals surface area contributed by atoms with Crippen LogP contribution in [0.15, 0.2) is 24.5 Å². The van der Waals surface area contributed by atoms with Crippen LogP contribution in [0.25, 0.3) is 11.0 Å². The average Bonchev–Trinajstić information content (AvgIpc) is 3.08. The van der Waals surface area contributed by atoms with E-state index < -0.39 is 6.10 Å². The molecule has 1 aliphatic rings. The summed E-state index contributed by atoms with van der Waals surface area (Å²) < 4.78 is 0. The SMILES string of the molecule is O=C(N[C@H]1CC[C@H](C(=O)NCCO)C[C@@H]1O)c1ccc2nc[nH]c2c1. The molecule has 1 aliphatic carbocycles. The van der Waals surface area contributed by atoms with Crippen LogP contribution in [0.3, 0.4) is 0 Å². The van der Waals surface area contributed by atoms with Crippen molar-refractivity contribution in [3.63, 3.8) is 0 Å². The summed E-state index contributed by atoms with van der Waals surface area (Å²) in [6.45, 7) is 0.0992. The van der Waals surface area contributed by atoms with Gasteiger partial charge >= 0.3 is 0 Å². The van der Waals surface area contributed by atoms with Crippen LogP contribution in [-0.2, 0) is 4.79 Å². The van der Waals surface area contributed by atoms with Crippen molar-refractivity contribution < 1.29 is 19.8 Å². The minimum Gasteiger partial charge on any atom is -0.395 e. The first-order valence-electron chi connectivity index (χ1n) is 8.39. The van der Waals surface area contributed by atoms with Crippen LogP contribution in [0.4, 0.5) is 0 Å². The third-order valence-electron chi connectivity index (χ3n) is 4.60. The minimum atomic E-state index is -0.779. The molecule has 1 aromatic heterocycles. The first-order valence-corrected chi connectivity index (χ1v) is 8.39. The van der Waals surface area contributed by atoms with Gasteiger partial charge in [-0.1, -0.05) is 0 Å². The second-order valence-corrected chi connectivity index (χ2v) is 6.31. The maximum Gasteiger partial charge on any atom is 0.251 e. The molecule has 134 valence electrons. The fourth-order valence-electron chi connectivity index (χ4n) is 3.21. The Bertz CT molecular complexity index is 760. The van der Waals surface area contributed by atoms with Crippen molar-refractivity contribution in [3.8, 4) is 0 Å². The van der Waals surface area contributed by atoms with Crippen molar-refractivity contribution in [2.45, 2.75) is 31.4 Å². The molecular weight excluding hydrogens is 324 g/mol.